The highest BCUT2D eigenvalue weighted by Crippen LogP contribution is 2.25. The average Bonchev–Trinajstić information content (AvgIpc) is 2.36. The van der Waals surface area contributed by atoms with Crippen molar-refractivity contribution in [3.8, 4) is 5.75 Å². The third-order valence-electron chi connectivity index (χ3n) is 2.95. The number of likely N-dealkylation sites (N-methyl/N-ethyl adjacent to an activating group) is 1. The van der Waals surface area contributed by atoms with E-state index in [4.69, 9.17) is 9.84 Å². The number of para-hydroxylation sites is 1. The summed E-state index contributed by atoms with van der Waals surface area (Å²) in [6.45, 7) is 8.06. The fourth-order valence-corrected chi connectivity index (χ4v) is 1.97. The summed E-state index contributed by atoms with van der Waals surface area (Å²) in [6.07, 6.45) is 0.720. The highest BCUT2D eigenvalue weighted by atomic mass is 16.5. The molecule has 0 aromatic heterocycles. The summed E-state index contributed by atoms with van der Waals surface area (Å²) in [4.78, 5) is 0. The smallest absolute Gasteiger partial charge is 0.122 e. The molecule has 0 aliphatic rings. The van der Waals surface area contributed by atoms with Crippen LogP contribution in [0, 0.1) is 0 Å². The van der Waals surface area contributed by atoms with Gasteiger partial charge in [0.05, 0.1) is 0 Å². The molecular weight excluding hydrogens is 226 g/mol. The molecule has 2 N–H and O–H groups in total. The highest BCUT2D eigenvalue weighted by Gasteiger charge is 2.10. The van der Waals surface area contributed by atoms with Crippen LogP contribution in [0.1, 0.15) is 38.7 Å². The Morgan fingerprint density at radius 2 is 2.00 bits per heavy atom. The van der Waals surface area contributed by atoms with Crippen LogP contribution in [0.5, 0.6) is 5.75 Å². The fraction of sp³-hybridized carbons (Fsp3) is 0.600. The zero-order chi connectivity index (χ0) is 13.4. The number of ether oxygens (including phenoxy) is 1. The lowest BCUT2D eigenvalue weighted by Crippen LogP contribution is -2.35. The summed E-state index contributed by atoms with van der Waals surface area (Å²) in [5.74, 6) is 1.41. The Morgan fingerprint density at radius 1 is 1.28 bits per heavy atom. The Bertz CT molecular complexity index is 333. The zero-order valence-corrected chi connectivity index (χ0v) is 11.6. The summed E-state index contributed by atoms with van der Waals surface area (Å²) in [5, 5.41) is 12.3. The zero-order valence-electron chi connectivity index (χ0n) is 11.6. The minimum atomic E-state index is 0.187. The molecule has 3 heteroatoms. The van der Waals surface area contributed by atoms with Crippen LogP contribution < -0.4 is 10.1 Å². The average molecular weight is 251 g/mol. The van der Waals surface area contributed by atoms with Gasteiger partial charge in [-0.15, -0.1) is 0 Å². The number of aliphatic hydroxyl groups excluding tert-OH is 1. The molecule has 0 aliphatic carbocycles. The standard InChI is InChI=1S/C15H25NO2/c1-4-16-13(9-10-17)11-18-15-8-6-5-7-14(15)12(2)3/h5-8,12-13,16-17H,4,9-11H2,1-3H3. The second-order valence-corrected chi connectivity index (χ2v) is 4.77. The van der Waals surface area contributed by atoms with E-state index in [1.807, 2.05) is 18.2 Å². The summed E-state index contributed by atoms with van der Waals surface area (Å²) in [7, 11) is 0. The first kappa shape index (κ1) is 15.0. The van der Waals surface area contributed by atoms with E-state index in [0.29, 0.717) is 12.5 Å². The number of hydrogen-bond donors (Lipinski definition) is 2. The molecule has 1 atom stereocenters. The monoisotopic (exact) mass is 251 g/mol. The second kappa shape index (κ2) is 8.11. The highest BCUT2D eigenvalue weighted by molar-refractivity contribution is 5.35. The van der Waals surface area contributed by atoms with Gasteiger partial charge in [-0.05, 0) is 30.5 Å². The van der Waals surface area contributed by atoms with Gasteiger partial charge in [-0.25, -0.2) is 0 Å². The van der Waals surface area contributed by atoms with E-state index in [2.05, 4.69) is 32.2 Å². The molecule has 1 aromatic carbocycles. The third kappa shape index (κ3) is 4.67. The Labute approximate surface area is 110 Å². The van der Waals surface area contributed by atoms with Gasteiger partial charge in [0.15, 0.2) is 0 Å². The first-order chi connectivity index (χ1) is 8.69. The van der Waals surface area contributed by atoms with Crippen molar-refractivity contribution >= 4 is 0 Å². The molecule has 102 valence electrons. The van der Waals surface area contributed by atoms with Crippen LogP contribution in [0.2, 0.25) is 0 Å². The number of hydrogen-bond acceptors (Lipinski definition) is 3. The minimum Gasteiger partial charge on any atom is -0.492 e. The van der Waals surface area contributed by atoms with Crippen LogP contribution >= 0.6 is 0 Å². The van der Waals surface area contributed by atoms with Gasteiger partial charge in [-0.1, -0.05) is 39.0 Å². The largest absolute Gasteiger partial charge is 0.492 e. The molecule has 18 heavy (non-hydrogen) atoms. The van der Waals surface area contributed by atoms with Crippen LogP contribution in [0.15, 0.2) is 24.3 Å². The number of aliphatic hydroxyl groups is 1. The van der Waals surface area contributed by atoms with Gasteiger partial charge in [-0.3, -0.25) is 0 Å². The van der Waals surface area contributed by atoms with Crippen molar-refractivity contribution in [2.24, 2.45) is 0 Å². The van der Waals surface area contributed by atoms with Crippen molar-refractivity contribution in [3.05, 3.63) is 29.8 Å². The molecule has 1 unspecified atom stereocenters. The lowest BCUT2D eigenvalue weighted by Gasteiger charge is -2.19. The van der Waals surface area contributed by atoms with E-state index in [9.17, 15) is 0 Å². The van der Waals surface area contributed by atoms with E-state index in [1.54, 1.807) is 0 Å². The van der Waals surface area contributed by atoms with Crippen molar-refractivity contribution in [1.82, 2.24) is 5.32 Å². The Morgan fingerprint density at radius 3 is 2.61 bits per heavy atom. The predicted octanol–water partition coefficient (Wildman–Crippen LogP) is 2.55. The van der Waals surface area contributed by atoms with Crippen molar-refractivity contribution in [2.75, 3.05) is 19.8 Å². The number of rotatable bonds is 8. The molecule has 1 rings (SSSR count). The van der Waals surface area contributed by atoms with Gasteiger partial charge in [0, 0.05) is 12.6 Å². The lowest BCUT2D eigenvalue weighted by atomic mass is 10.0. The van der Waals surface area contributed by atoms with Crippen molar-refractivity contribution in [3.63, 3.8) is 0 Å². The Hall–Kier alpha value is -1.06. The van der Waals surface area contributed by atoms with Crippen LogP contribution in [-0.4, -0.2) is 30.9 Å². The van der Waals surface area contributed by atoms with E-state index in [1.165, 1.54) is 5.56 Å². The van der Waals surface area contributed by atoms with E-state index in [0.717, 1.165) is 18.7 Å². The lowest BCUT2D eigenvalue weighted by molar-refractivity contribution is 0.214. The van der Waals surface area contributed by atoms with Gasteiger partial charge in [-0.2, -0.15) is 0 Å². The maximum absolute atomic E-state index is 9.01. The van der Waals surface area contributed by atoms with E-state index < -0.39 is 0 Å². The first-order valence-corrected chi connectivity index (χ1v) is 6.75. The maximum atomic E-state index is 9.01. The van der Waals surface area contributed by atoms with Crippen molar-refractivity contribution in [2.45, 2.75) is 39.2 Å². The Kier molecular flexibility index (Phi) is 6.76. The Balaban J connectivity index is 2.61. The molecular formula is C15H25NO2. The second-order valence-electron chi connectivity index (χ2n) is 4.77. The normalized spacial score (nSPS) is 12.7. The molecule has 0 heterocycles. The first-order valence-electron chi connectivity index (χ1n) is 6.75. The molecule has 0 amide bonds. The van der Waals surface area contributed by atoms with Gasteiger partial charge >= 0.3 is 0 Å². The van der Waals surface area contributed by atoms with Crippen molar-refractivity contribution in [1.29, 1.82) is 0 Å². The van der Waals surface area contributed by atoms with E-state index >= 15 is 0 Å². The molecule has 0 bridgehead atoms. The SMILES string of the molecule is CCNC(CCO)COc1ccccc1C(C)C. The molecule has 3 nitrogen and oxygen atoms in total. The summed E-state index contributed by atoms with van der Waals surface area (Å²) in [5.41, 5.74) is 1.23. The van der Waals surface area contributed by atoms with Gasteiger partial charge in [0.1, 0.15) is 12.4 Å². The van der Waals surface area contributed by atoms with Crippen LogP contribution in [0.3, 0.4) is 0 Å². The number of benzene rings is 1. The molecule has 0 fully saturated rings. The molecule has 0 aliphatic heterocycles. The van der Waals surface area contributed by atoms with Crippen molar-refractivity contribution < 1.29 is 9.84 Å². The quantitative estimate of drug-likeness (QED) is 0.746. The van der Waals surface area contributed by atoms with Gasteiger partial charge < -0.3 is 15.2 Å². The van der Waals surface area contributed by atoms with Crippen LogP contribution in [0.4, 0.5) is 0 Å². The maximum Gasteiger partial charge on any atom is 0.122 e. The predicted molar refractivity (Wildman–Crippen MR) is 75.2 cm³/mol. The fourth-order valence-electron chi connectivity index (χ4n) is 1.97. The molecule has 0 spiro atoms. The summed E-state index contributed by atoms with van der Waals surface area (Å²) < 4.78 is 5.89. The summed E-state index contributed by atoms with van der Waals surface area (Å²) >= 11 is 0. The van der Waals surface area contributed by atoms with Crippen LogP contribution in [-0.2, 0) is 0 Å². The molecule has 0 saturated heterocycles. The topological polar surface area (TPSA) is 41.5 Å². The number of nitrogens with one attached hydrogen (secondary N) is 1. The summed E-state index contributed by atoms with van der Waals surface area (Å²) in [6, 6.07) is 8.36. The van der Waals surface area contributed by atoms with E-state index in [-0.39, 0.29) is 12.6 Å². The molecule has 1 aromatic rings. The van der Waals surface area contributed by atoms with Gasteiger partial charge in [0.2, 0.25) is 0 Å². The molecule has 0 radical (unpaired) electrons. The van der Waals surface area contributed by atoms with Crippen LogP contribution in [0.25, 0.3) is 0 Å². The van der Waals surface area contributed by atoms with Gasteiger partial charge in [0.25, 0.3) is 0 Å². The molecule has 0 saturated carbocycles. The third-order valence-corrected chi connectivity index (χ3v) is 2.95. The minimum absolute atomic E-state index is 0.187.